The van der Waals surface area contributed by atoms with Crippen molar-refractivity contribution in [1.29, 1.82) is 0 Å². The second-order valence-electron chi connectivity index (χ2n) is 3.78. The summed E-state index contributed by atoms with van der Waals surface area (Å²) >= 11 is 0. The van der Waals surface area contributed by atoms with Gasteiger partial charge in [-0.25, -0.2) is 4.98 Å². The van der Waals surface area contributed by atoms with Crippen LogP contribution >= 0.6 is 0 Å². The van der Waals surface area contributed by atoms with Crippen LogP contribution in [0.3, 0.4) is 0 Å². The first kappa shape index (κ1) is 14.1. The molecule has 0 fully saturated rings. The quantitative estimate of drug-likeness (QED) is 0.429. The van der Waals surface area contributed by atoms with Gasteiger partial charge in [-0.2, -0.15) is 4.98 Å². The van der Waals surface area contributed by atoms with Crippen molar-refractivity contribution in [2.75, 3.05) is 30.8 Å². The number of nitro groups is 1. The van der Waals surface area contributed by atoms with Gasteiger partial charge in [0.05, 0.1) is 17.6 Å². The minimum atomic E-state index is -0.523. The molecule has 8 heteroatoms. The molecule has 0 radical (unpaired) electrons. The van der Waals surface area contributed by atoms with E-state index in [1.54, 1.807) is 7.05 Å². The lowest BCUT2D eigenvalue weighted by Crippen LogP contribution is -2.15. The van der Waals surface area contributed by atoms with Crippen molar-refractivity contribution in [1.82, 2.24) is 9.97 Å². The molecular weight excluding hydrogens is 238 g/mol. The van der Waals surface area contributed by atoms with Crippen molar-refractivity contribution in [2.24, 2.45) is 0 Å². The van der Waals surface area contributed by atoms with Crippen molar-refractivity contribution >= 4 is 17.5 Å². The van der Waals surface area contributed by atoms with Crippen LogP contribution < -0.4 is 10.6 Å². The normalized spacial score (nSPS) is 10.4. The highest BCUT2D eigenvalue weighted by Gasteiger charge is 2.16. The average Bonchev–Trinajstić information content (AvgIpc) is 2.33. The van der Waals surface area contributed by atoms with E-state index in [9.17, 15) is 10.1 Å². The van der Waals surface area contributed by atoms with Crippen molar-refractivity contribution in [2.45, 2.75) is 20.0 Å². The fraction of sp³-hybridized carbons (Fsp3) is 0.600. The van der Waals surface area contributed by atoms with Gasteiger partial charge >= 0.3 is 5.69 Å². The van der Waals surface area contributed by atoms with Crippen LogP contribution in [0.5, 0.6) is 0 Å². The Morgan fingerprint density at radius 3 is 2.83 bits per heavy atom. The Balaban J connectivity index is 2.69. The summed E-state index contributed by atoms with van der Waals surface area (Å²) in [6, 6.07) is 0. The molecule has 8 nitrogen and oxygen atoms in total. The third-order valence-corrected chi connectivity index (χ3v) is 2.04. The van der Waals surface area contributed by atoms with Crippen LogP contribution in [-0.4, -0.2) is 41.2 Å². The van der Waals surface area contributed by atoms with E-state index in [0.717, 1.165) is 0 Å². The number of nitrogens with zero attached hydrogens (tertiary/aromatic N) is 3. The molecule has 0 saturated carbocycles. The molecule has 0 spiro atoms. The predicted octanol–water partition coefficient (Wildman–Crippen LogP) is 1.26. The molecule has 1 heterocycles. The summed E-state index contributed by atoms with van der Waals surface area (Å²) in [5, 5.41) is 16.4. The monoisotopic (exact) mass is 255 g/mol. The Hall–Kier alpha value is -1.96. The molecule has 0 aliphatic heterocycles. The van der Waals surface area contributed by atoms with E-state index in [-0.39, 0.29) is 17.6 Å². The van der Waals surface area contributed by atoms with Crippen molar-refractivity contribution in [3.63, 3.8) is 0 Å². The molecule has 0 unspecified atom stereocenters. The number of nitrogens with one attached hydrogen (secondary N) is 2. The Bertz CT molecular complexity index is 410. The van der Waals surface area contributed by atoms with Crippen LogP contribution in [0, 0.1) is 10.1 Å². The first-order chi connectivity index (χ1) is 8.54. The molecule has 0 saturated heterocycles. The van der Waals surface area contributed by atoms with E-state index in [1.807, 2.05) is 13.8 Å². The smallest absolute Gasteiger partial charge is 0.329 e. The highest BCUT2D eigenvalue weighted by atomic mass is 16.6. The lowest BCUT2D eigenvalue weighted by atomic mass is 10.4. The standard InChI is InChI=1S/C10H17N5O3/c1-7(2)18-5-4-12-9-8(15(16)17)6-13-10(11-3)14-9/h6-7H,4-5H2,1-3H3,(H2,11,12,13,14). The lowest BCUT2D eigenvalue weighted by molar-refractivity contribution is -0.384. The topological polar surface area (TPSA) is 102 Å². The van der Waals surface area contributed by atoms with E-state index in [0.29, 0.717) is 19.1 Å². The summed E-state index contributed by atoms with van der Waals surface area (Å²) in [6.45, 7) is 4.74. The maximum atomic E-state index is 10.8. The van der Waals surface area contributed by atoms with Gasteiger partial charge in [-0.15, -0.1) is 0 Å². The van der Waals surface area contributed by atoms with E-state index in [4.69, 9.17) is 4.74 Å². The molecule has 2 N–H and O–H groups in total. The third-order valence-electron chi connectivity index (χ3n) is 2.04. The molecule has 0 aromatic carbocycles. The fourth-order valence-electron chi connectivity index (χ4n) is 1.22. The molecule has 0 bridgehead atoms. The van der Waals surface area contributed by atoms with E-state index < -0.39 is 4.92 Å². The van der Waals surface area contributed by atoms with E-state index >= 15 is 0 Å². The van der Waals surface area contributed by atoms with Crippen LogP contribution in [0.4, 0.5) is 17.5 Å². The molecule has 18 heavy (non-hydrogen) atoms. The molecule has 0 aliphatic rings. The fourth-order valence-corrected chi connectivity index (χ4v) is 1.22. The highest BCUT2D eigenvalue weighted by Crippen LogP contribution is 2.21. The zero-order valence-electron chi connectivity index (χ0n) is 10.6. The SMILES string of the molecule is CNc1ncc([N+](=O)[O-])c(NCCOC(C)C)n1. The summed E-state index contributed by atoms with van der Waals surface area (Å²) in [7, 11) is 1.65. The Labute approximate surface area is 105 Å². The van der Waals surface area contributed by atoms with Gasteiger partial charge in [0.25, 0.3) is 0 Å². The van der Waals surface area contributed by atoms with Crippen molar-refractivity contribution in [3.8, 4) is 0 Å². The van der Waals surface area contributed by atoms with Gasteiger partial charge in [-0.1, -0.05) is 0 Å². The van der Waals surface area contributed by atoms with Gasteiger partial charge in [0.2, 0.25) is 11.8 Å². The van der Waals surface area contributed by atoms with Crippen molar-refractivity contribution < 1.29 is 9.66 Å². The zero-order chi connectivity index (χ0) is 13.5. The van der Waals surface area contributed by atoms with Gasteiger partial charge in [-0.05, 0) is 13.8 Å². The van der Waals surface area contributed by atoms with E-state index in [1.165, 1.54) is 6.20 Å². The van der Waals surface area contributed by atoms with Gasteiger partial charge in [0, 0.05) is 13.6 Å². The Kier molecular flexibility index (Phi) is 5.25. The first-order valence-electron chi connectivity index (χ1n) is 5.59. The summed E-state index contributed by atoms with van der Waals surface area (Å²) in [5.74, 6) is 0.514. The highest BCUT2D eigenvalue weighted by molar-refractivity contribution is 5.56. The number of hydrogen-bond donors (Lipinski definition) is 2. The molecule has 100 valence electrons. The molecule has 1 aromatic rings. The minimum absolute atomic E-state index is 0.125. The predicted molar refractivity (Wildman–Crippen MR) is 67.8 cm³/mol. The lowest BCUT2D eigenvalue weighted by Gasteiger charge is -2.09. The van der Waals surface area contributed by atoms with Gasteiger partial charge in [0.15, 0.2) is 0 Å². The number of rotatable bonds is 7. The molecule has 1 rings (SSSR count). The molecule has 1 aromatic heterocycles. The minimum Gasteiger partial charge on any atom is -0.377 e. The average molecular weight is 255 g/mol. The van der Waals surface area contributed by atoms with Gasteiger partial charge < -0.3 is 15.4 Å². The van der Waals surface area contributed by atoms with E-state index in [2.05, 4.69) is 20.6 Å². The summed E-state index contributed by atoms with van der Waals surface area (Å²) in [6.07, 6.45) is 1.30. The number of aromatic nitrogens is 2. The Morgan fingerprint density at radius 2 is 2.28 bits per heavy atom. The maximum absolute atomic E-state index is 10.8. The van der Waals surface area contributed by atoms with Crippen LogP contribution in [0.1, 0.15) is 13.8 Å². The summed E-state index contributed by atoms with van der Waals surface area (Å²) in [4.78, 5) is 18.1. The van der Waals surface area contributed by atoms with Crippen LogP contribution in [0.25, 0.3) is 0 Å². The zero-order valence-corrected chi connectivity index (χ0v) is 10.6. The maximum Gasteiger partial charge on any atom is 0.329 e. The summed E-state index contributed by atoms with van der Waals surface area (Å²) in [5.41, 5.74) is -0.154. The summed E-state index contributed by atoms with van der Waals surface area (Å²) < 4.78 is 5.33. The molecule has 0 atom stereocenters. The second kappa shape index (κ2) is 6.70. The third kappa shape index (κ3) is 4.13. The number of ether oxygens (including phenoxy) is 1. The first-order valence-corrected chi connectivity index (χ1v) is 5.59. The van der Waals surface area contributed by atoms with Crippen LogP contribution in [0.2, 0.25) is 0 Å². The number of hydrogen-bond acceptors (Lipinski definition) is 7. The van der Waals surface area contributed by atoms with Gasteiger partial charge in [-0.3, -0.25) is 10.1 Å². The van der Waals surface area contributed by atoms with Crippen LogP contribution in [-0.2, 0) is 4.74 Å². The molecular formula is C10H17N5O3. The molecule has 0 aliphatic carbocycles. The van der Waals surface area contributed by atoms with Crippen molar-refractivity contribution in [3.05, 3.63) is 16.3 Å². The second-order valence-corrected chi connectivity index (χ2v) is 3.78. The van der Waals surface area contributed by atoms with Crippen LogP contribution in [0.15, 0.2) is 6.20 Å². The number of anilines is 2. The largest absolute Gasteiger partial charge is 0.377 e. The Morgan fingerprint density at radius 1 is 1.56 bits per heavy atom. The van der Waals surface area contributed by atoms with Gasteiger partial charge in [0.1, 0.15) is 6.20 Å². The molecule has 0 amide bonds.